The highest BCUT2D eigenvalue weighted by atomic mass is 35.5. The van der Waals surface area contributed by atoms with Gasteiger partial charge in [0.05, 0.1) is 17.3 Å². The summed E-state index contributed by atoms with van der Waals surface area (Å²) in [7, 11) is 0. The molecular formula is C19H23ClF3NO3. The molecule has 0 saturated carbocycles. The summed E-state index contributed by atoms with van der Waals surface area (Å²) in [6.45, 7) is 3.60. The monoisotopic (exact) mass is 405 g/mol. The van der Waals surface area contributed by atoms with E-state index in [1.807, 2.05) is 13.8 Å². The maximum atomic E-state index is 13.6. The van der Waals surface area contributed by atoms with Crippen molar-refractivity contribution in [2.75, 3.05) is 13.1 Å². The molecule has 0 radical (unpaired) electrons. The van der Waals surface area contributed by atoms with Crippen LogP contribution in [-0.2, 0) is 9.59 Å². The minimum absolute atomic E-state index is 0.126. The summed E-state index contributed by atoms with van der Waals surface area (Å²) >= 11 is 5.88. The van der Waals surface area contributed by atoms with Crippen molar-refractivity contribution in [3.8, 4) is 0 Å². The molecule has 1 fully saturated rings. The van der Waals surface area contributed by atoms with Gasteiger partial charge in [0.15, 0.2) is 0 Å². The second-order valence-corrected chi connectivity index (χ2v) is 8.19. The van der Waals surface area contributed by atoms with E-state index >= 15 is 0 Å². The van der Waals surface area contributed by atoms with Crippen LogP contribution in [-0.4, -0.2) is 41.1 Å². The standard InChI is InChI=1S/C19H23ClF3NO3/c1-11(2)8-14(12-4-6-13(20)7-5-12)16(25)24-9-15(17(26)27)18(3,10-24)19(21,22)23/h4-7,11,14-15H,8-10H2,1-3H3,(H,26,27). The molecule has 4 nitrogen and oxygen atoms in total. The number of carboxylic acid groups (broad SMARTS) is 1. The van der Waals surface area contributed by atoms with E-state index in [9.17, 15) is 27.9 Å². The molecule has 0 spiro atoms. The number of likely N-dealkylation sites (tertiary alicyclic amines) is 1. The van der Waals surface area contributed by atoms with Gasteiger partial charge >= 0.3 is 12.1 Å². The minimum Gasteiger partial charge on any atom is -0.481 e. The number of nitrogens with zero attached hydrogens (tertiary/aromatic N) is 1. The predicted molar refractivity (Wildman–Crippen MR) is 95.5 cm³/mol. The molecule has 1 heterocycles. The van der Waals surface area contributed by atoms with E-state index in [1.54, 1.807) is 24.3 Å². The fourth-order valence-corrected chi connectivity index (χ4v) is 3.69. The number of hydrogen-bond acceptors (Lipinski definition) is 2. The Bertz CT molecular complexity index is 705. The Morgan fingerprint density at radius 2 is 1.85 bits per heavy atom. The van der Waals surface area contributed by atoms with Crippen LogP contribution >= 0.6 is 11.6 Å². The summed E-state index contributed by atoms with van der Waals surface area (Å²) in [5.41, 5.74) is -1.82. The Labute approximate surface area is 161 Å². The van der Waals surface area contributed by atoms with E-state index < -0.39 is 48.4 Å². The normalized spacial score (nSPS) is 24.3. The van der Waals surface area contributed by atoms with Gasteiger partial charge in [-0.25, -0.2) is 0 Å². The third kappa shape index (κ3) is 4.39. The summed E-state index contributed by atoms with van der Waals surface area (Å²) in [4.78, 5) is 25.6. The lowest BCUT2D eigenvalue weighted by atomic mass is 9.79. The lowest BCUT2D eigenvalue weighted by molar-refractivity contribution is -0.228. The van der Waals surface area contributed by atoms with E-state index in [1.165, 1.54) is 0 Å². The van der Waals surface area contributed by atoms with E-state index in [2.05, 4.69) is 0 Å². The first-order valence-corrected chi connectivity index (χ1v) is 9.08. The van der Waals surface area contributed by atoms with Gasteiger partial charge in [0.1, 0.15) is 0 Å². The number of hydrogen-bond donors (Lipinski definition) is 1. The number of carbonyl (C=O) groups is 2. The van der Waals surface area contributed by atoms with Gasteiger partial charge in [-0.2, -0.15) is 13.2 Å². The van der Waals surface area contributed by atoms with Crippen LogP contribution in [0.1, 0.15) is 38.7 Å². The number of benzene rings is 1. The van der Waals surface area contributed by atoms with Crippen LogP contribution in [0.15, 0.2) is 24.3 Å². The third-order valence-corrected chi connectivity index (χ3v) is 5.48. The predicted octanol–water partition coefficient (Wildman–Crippen LogP) is 4.58. The molecule has 3 unspecified atom stereocenters. The smallest absolute Gasteiger partial charge is 0.396 e. The first-order chi connectivity index (χ1) is 12.4. The van der Waals surface area contributed by atoms with Crippen LogP contribution in [0.25, 0.3) is 0 Å². The van der Waals surface area contributed by atoms with E-state index in [4.69, 9.17) is 11.6 Å². The van der Waals surface area contributed by atoms with Gasteiger partial charge in [-0.05, 0) is 37.0 Å². The van der Waals surface area contributed by atoms with Gasteiger partial charge in [0.25, 0.3) is 0 Å². The average molecular weight is 406 g/mol. The zero-order chi connectivity index (χ0) is 20.6. The molecule has 1 saturated heterocycles. The second kappa shape index (κ2) is 7.70. The molecular weight excluding hydrogens is 383 g/mol. The quantitative estimate of drug-likeness (QED) is 0.780. The number of halogens is 4. The fourth-order valence-electron chi connectivity index (χ4n) is 3.57. The molecule has 1 aromatic rings. The van der Waals surface area contributed by atoms with Gasteiger partial charge in [-0.15, -0.1) is 0 Å². The highest BCUT2D eigenvalue weighted by molar-refractivity contribution is 6.30. The van der Waals surface area contributed by atoms with Crippen molar-refractivity contribution in [1.82, 2.24) is 4.90 Å². The highest BCUT2D eigenvalue weighted by Gasteiger charge is 2.63. The van der Waals surface area contributed by atoms with E-state index in [-0.39, 0.29) is 5.92 Å². The first kappa shape index (κ1) is 21.5. The molecule has 0 aliphatic carbocycles. The molecule has 1 amide bonds. The third-order valence-electron chi connectivity index (χ3n) is 5.23. The summed E-state index contributed by atoms with van der Waals surface area (Å²) in [6, 6.07) is 6.62. The number of rotatable bonds is 5. The van der Waals surface area contributed by atoms with Crippen molar-refractivity contribution in [1.29, 1.82) is 0 Å². The molecule has 1 aromatic carbocycles. The Kier molecular flexibility index (Phi) is 6.14. The number of amides is 1. The maximum Gasteiger partial charge on any atom is 0.396 e. The fraction of sp³-hybridized carbons (Fsp3) is 0.579. The van der Waals surface area contributed by atoms with Gasteiger partial charge in [-0.1, -0.05) is 37.6 Å². The zero-order valence-corrected chi connectivity index (χ0v) is 16.1. The summed E-state index contributed by atoms with van der Waals surface area (Å²) < 4.78 is 40.7. The molecule has 3 atom stereocenters. The van der Waals surface area contributed by atoms with Crippen LogP contribution in [0.4, 0.5) is 13.2 Å². The molecule has 27 heavy (non-hydrogen) atoms. The Balaban J connectivity index is 2.35. The molecule has 8 heteroatoms. The van der Waals surface area contributed by atoms with Crippen LogP contribution in [0.5, 0.6) is 0 Å². The second-order valence-electron chi connectivity index (χ2n) is 7.76. The van der Waals surface area contributed by atoms with Gasteiger partial charge < -0.3 is 10.0 Å². The summed E-state index contributed by atoms with van der Waals surface area (Å²) in [6.07, 6.45) is -4.28. The van der Waals surface area contributed by atoms with Gasteiger partial charge in [0.2, 0.25) is 5.91 Å². The summed E-state index contributed by atoms with van der Waals surface area (Å²) in [5, 5.41) is 9.78. The topological polar surface area (TPSA) is 57.6 Å². The highest BCUT2D eigenvalue weighted by Crippen LogP contribution is 2.49. The molecule has 0 bridgehead atoms. The zero-order valence-electron chi connectivity index (χ0n) is 15.4. The lowest BCUT2D eigenvalue weighted by Crippen LogP contribution is -2.45. The van der Waals surface area contributed by atoms with Crippen LogP contribution in [0.3, 0.4) is 0 Å². The van der Waals surface area contributed by atoms with Crippen molar-refractivity contribution in [2.24, 2.45) is 17.3 Å². The van der Waals surface area contributed by atoms with Crippen molar-refractivity contribution in [3.63, 3.8) is 0 Å². The molecule has 150 valence electrons. The van der Waals surface area contributed by atoms with Crippen LogP contribution in [0, 0.1) is 17.3 Å². The van der Waals surface area contributed by atoms with Crippen molar-refractivity contribution < 1.29 is 27.9 Å². The molecule has 1 aliphatic heterocycles. The van der Waals surface area contributed by atoms with Crippen LogP contribution in [0.2, 0.25) is 5.02 Å². The van der Waals surface area contributed by atoms with Crippen molar-refractivity contribution in [2.45, 2.75) is 39.3 Å². The minimum atomic E-state index is -4.72. The molecule has 2 rings (SSSR count). The molecule has 1 aliphatic rings. The Morgan fingerprint density at radius 1 is 1.30 bits per heavy atom. The van der Waals surface area contributed by atoms with E-state index in [0.717, 1.165) is 11.8 Å². The Hall–Kier alpha value is -1.76. The number of carbonyl (C=O) groups excluding carboxylic acids is 1. The molecule has 0 aromatic heterocycles. The number of alkyl halides is 3. The summed E-state index contributed by atoms with van der Waals surface area (Å²) in [5.74, 6) is -4.23. The first-order valence-electron chi connectivity index (χ1n) is 8.70. The maximum absolute atomic E-state index is 13.6. The molecule has 1 N–H and O–H groups in total. The van der Waals surface area contributed by atoms with Crippen LogP contribution < -0.4 is 0 Å². The van der Waals surface area contributed by atoms with E-state index in [0.29, 0.717) is 17.0 Å². The SMILES string of the molecule is CC(C)CC(C(=O)N1CC(C(=O)O)C(C)(C(F)(F)F)C1)c1ccc(Cl)cc1. The van der Waals surface area contributed by atoms with Crippen molar-refractivity contribution in [3.05, 3.63) is 34.9 Å². The van der Waals surface area contributed by atoms with Crippen molar-refractivity contribution >= 4 is 23.5 Å². The van der Waals surface area contributed by atoms with Gasteiger partial charge in [-0.3, -0.25) is 9.59 Å². The lowest BCUT2D eigenvalue weighted by Gasteiger charge is -2.31. The number of carboxylic acids is 1. The Morgan fingerprint density at radius 3 is 2.26 bits per heavy atom. The number of aliphatic carboxylic acids is 1. The largest absolute Gasteiger partial charge is 0.481 e. The van der Waals surface area contributed by atoms with Gasteiger partial charge in [0, 0.05) is 18.1 Å². The average Bonchev–Trinajstić information content (AvgIpc) is 2.92.